The van der Waals surface area contributed by atoms with E-state index >= 15 is 0 Å². The molecule has 0 aromatic carbocycles. The van der Waals surface area contributed by atoms with Gasteiger partial charge in [0.2, 0.25) is 17.4 Å². The lowest BCUT2D eigenvalue weighted by Crippen LogP contribution is -2.62. The van der Waals surface area contributed by atoms with E-state index in [-0.39, 0.29) is 25.6 Å². The van der Waals surface area contributed by atoms with Crippen LogP contribution < -0.4 is 16.6 Å². The van der Waals surface area contributed by atoms with E-state index in [1.54, 1.807) is 25.8 Å². The summed E-state index contributed by atoms with van der Waals surface area (Å²) in [6.45, 7) is 4.61. The van der Waals surface area contributed by atoms with Crippen molar-refractivity contribution in [1.82, 2.24) is 14.9 Å². The van der Waals surface area contributed by atoms with E-state index in [1.807, 2.05) is 0 Å². The normalized spacial score (nSPS) is 13.4. The van der Waals surface area contributed by atoms with Crippen LogP contribution in [0.1, 0.15) is 27.2 Å². The summed E-state index contributed by atoms with van der Waals surface area (Å²) in [5, 5.41) is 2.39. The molecule has 1 amide bonds. The number of amides is 1. The van der Waals surface area contributed by atoms with Gasteiger partial charge in [-0.05, 0) is 12.8 Å². The lowest BCUT2D eigenvalue weighted by Gasteiger charge is -2.35. The van der Waals surface area contributed by atoms with Gasteiger partial charge in [-0.1, -0.05) is 13.8 Å². The third-order valence-corrected chi connectivity index (χ3v) is 3.25. The molecule has 1 aromatic rings. The van der Waals surface area contributed by atoms with Crippen LogP contribution in [0.4, 0.5) is 4.39 Å². The van der Waals surface area contributed by atoms with E-state index in [4.69, 9.17) is 9.47 Å². The van der Waals surface area contributed by atoms with Crippen molar-refractivity contribution in [3.63, 3.8) is 0 Å². The summed E-state index contributed by atoms with van der Waals surface area (Å²) in [7, 11) is 1.28. The lowest BCUT2D eigenvalue weighted by atomic mass is 9.96. The molecule has 0 unspecified atom stereocenters. The van der Waals surface area contributed by atoms with Gasteiger partial charge in [0.1, 0.15) is 6.61 Å². The maximum Gasteiger partial charge on any atom is 0.353 e. The second-order valence-corrected chi connectivity index (χ2v) is 5.77. The number of H-pyrrole nitrogens is 1. The third kappa shape index (κ3) is 4.75. The number of rotatable bonds is 8. The number of carbonyl (C=O) groups excluding carboxylic acids is 2. The molecule has 0 saturated heterocycles. The average molecular weight is 359 g/mol. The van der Waals surface area contributed by atoms with Gasteiger partial charge in [0.25, 0.3) is 5.56 Å². The van der Waals surface area contributed by atoms with Crippen LogP contribution in [-0.2, 0) is 24.7 Å². The van der Waals surface area contributed by atoms with Crippen LogP contribution in [0.25, 0.3) is 0 Å². The van der Waals surface area contributed by atoms with Crippen molar-refractivity contribution >= 4 is 11.9 Å². The molecule has 0 aliphatic carbocycles. The van der Waals surface area contributed by atoms with Gasteiger partial charge in [-0.25, -0.2) is 9.59 Å². The molecule has 0 radical (unpaired) electrons. The number of esters is 1. The number of hydrogen-bond acceptors (Lipinski definition) is 6. The molecule has 25 heavy (non-hydrogen) atoms. The predicted molar refractivity (Wildman–Crippen MR) is 85.4 cm³/mol. The van der Waals surface area contributed by atoms with Crippen LogP contribution in [0.5, 0.6) is 0 Å². The molecule has 1 rings (SSSR count). The van der Waals surface area contributed by atoms with E-state index in [0.29, 0.717) is 10.8 Å². The Morgan fingerprint density at radius 1 is 1.40 bits per heavy atom. The smallest absolute Gasteiger partial charge is 0.353 e. The highest BCUT2D eigenvalue weighted by Crippen LogP contribution is 2.23. The lowest BCUT2D eigenvalue weighted by molar-refractivity contribution is -0.160. The molecule has 0 aliphatic rings. The van der Waals surface area contributed by atoms with Crippen molar-refractivity contribution in [1.29, 1.82) is 0 Å². The Morgan fingerprint density at radius 3 is 2.56 bits per heavy atom. The van der Waals surface area contributed by atoms with E-state index in [0.717, 1.165) is 0 Å². The maximum absolute atomic E-state index is 13.8. The first kappa shape index (κ1) is 20.6. The van der Waals surface area contributed by atoms with Crippen LogP contribution >= 0.6 is 0 Å². The second kappa shape index (κ2) is 8.56. The molecule has 0 aliphatic heterocycles. The zero-order valence-corrected chi connectivity index (χ0v) is 14.6. The van der Waals surface area contributed by atoms with Gasteiger partial charge in [-0.15, -0.1) is 0 Å². The quantitative estimate of drug-likeness (QED) is 0.615. The average Bonchev–Trinajstić information content (AvgIpc) is 2.50. The number of nitrogens with zero attached hydrogens (tertiary/aromatic N) is 1. The van der Waals surface area contributed by atoms with Crippen molar-refractivity contribution in [3.8, 4) is 0 Å². The van der Waals surface area contributed by atoms with Crippen molar-refractivity contribution in [2.75, 3.05) is 20.3 Å². The molecule has 140 valence electrons. The van der Waals surface area contributed by atoms with Crippen LogP contribution in [0.2, 0.25) is 0 Å². The summed E-state index contributed by atoms with van der Waals surface area (Å²) >= 11 is 0. The zero-order chi connectivity index (χ0) is 19.2. The molecule has 0 spiro atoms. The Balaban J connectivity index is 3.64. The summed E-state index contributed by atoms with van der Waals surface area (Å²) in [5.41, 5.74) is -4.31. The molecule has 1 atom stereocenters. The van der Waals surface area contributed by atoms with Gasteiger partial charge < -0.3 is 14.8 Å². The number of carbonyl (C=O) groups is 2. The molecule has 9 nitrogen and oxygen atoms in total. The highest BCUT2D eigenvalue weighted by atomic mass is 19.1. The first-order valence-electron chi connectivity index (χ1n) is 7.67. The molecule has 10 heteroatoms. The molecule has 0 bridgehead atoms. The van der Waals surface area contributed by atoms with Crippen LogP contribution in [0.15, 0.2) is 15.8 Å². The van der Waals surface area contributed by atoms with E-state index in [1.165, 1.54) is 7.11 Å². The van der Waals surface area contributed by atoms with Gasteiger partial charge in [-0.3, -0.25) is 19.1 Å². The van der Waals surface area contributed by atoms with Crippen LogP contribution in [0.3, 0.4) is 0 Å². The minimum atomic E-state index is -2.03. The minimum absolute atomic E-state index is 0.0284. The molecule has 2 N–H and O–H groups in total. The Hall–Kier alpha value is -2.49. The maximum atomic E-state index is 13.8. The molecule has 1 aromatic heterocycles. The number of ether oxygens (including phenoxy) is 2. The zero-order valence-electron chi connectivity index (χ0n) is 14.6. The highest BCUT2D eigenvalue weighted by molar-refractivity contribution is 5.86. The van der Waals surface area contributed by atoms with E-state index in [9.17, 15) is 23.6 Å². The molecular weight excluding hydrogens is 337 g/mol. The summed E-state index contributed by atoms with van der Waals surface area (Å²) in [6.07, 6.45) is 0.500. The standard InChI is InChI=1S/C15H22FN3O6/c1-5-25-13(22)15(6-9(2)3,18-11(20)8-24-4)19-7-10(16)12(21)17-14(19)23/h7,9H,5-6,8H2,1-4H3,(H,18,20)(H,17,21,23)/t15-/m1/s1. The molecule has 0 fully saturated rings. The summed E-state index contributed by atoms with van der Waals surface area (Å²) < 4.78 is 24.1. The van der Waals surface area contributed by atoms with Gasteiger partial charge >= 0.3 is 11.7 Å². The van der Waals surface area contributed by atoms with Crippen molar-refractivity contribution in [3.05, 3.63) is 32.9 Å². The Morgan fingerprint density at radius 2 is 2.04 bits per heavy atom. The number of halogens is 1. The number of methoxy groups -OCH3 is 1. The molecular formula is C15H22FN3O6. The van der Waals surface area contributed by atoms with E-state index in [2.05, 4.69) is 5.32 Å². The number of aromatic nitrogens is 2. The number of hydrogen-bond donors (Lipinski definition) is 2. The van der Waals surface area contributed by atoms with Gasteiger partial charge in [0.05, 0.1) is 12.8 Å². The number of nitrogens with one attached hydrogen (secondary N) is 2. The molecule has 1 heterocycles. The van der Waals surface area contributed by atoms with Crippen LogP contribution in [0, 0.1) is 11.7 Å². The highest BCUT2D eigenvalue weighted by Gasteiger charge is 2.45. The first-order valence-corrected chi connectivity index (χ1v) is 7.67. The molecule has 0 saturated carbocycles. The topological polar surface area (TPSA) is 119 Å². The predicted octanol–water partition coefficient (Wildman–Crippen LogP) is -0.300. The fraction of sp³-hybridized carbons (Fsp3) is 0.600. The fourth-order valence-corrected chi connectivity index (χ4v) is 2.41. The van der Waals surface area contributed by atoms with Crippen LogP contribution in [-0.4, -0.2) is 41.8 Å². The number of aromatic amines is 1. The van der Waals surface area contributed by atoms with Crippen molar-refractivity contribution in [2.24, 2.45) is 5.92 Å². The third-order valence-electron chi connectivity index (χ3n) is 3.25. The minimum Gasteiger partial charge on any atom is -0.463 e. The first-order chi connectivity index (χ1) is 11.7. The van der Waals surface area contributed by atoms with Gasteiger partial charge in [0.15, 0.2) is 0 Å². The largest absolute Gasteiger partial charge is 0.463 e. The Kier molecular flexibility index (Phi) is 7.04. The SMILES string of the molecule is CCOC(=O)[C@](CC(C)C)(NC(=O)COC)n1cc(F)c(=O)[nH]c1=O. The van der Waals surface area contributed by atoms with E-state index < -0.39 is 34.6 Å². The monoisotopic (exact) mass is 359 g/mol. The summed E-state index contributed by atoms with van der Waals surface area (Å²) in [6, 6.07) is 0. The van der Waals surface area contributed by atoms with Gasteiger partial charge in [0, 0.05) is 13.5 Å². The Bertz CT molecular complexity index is 742. The van der Waals surface area contributed by atoms with Crippen molar-refractivity contribution < 1.29 is 23.5 Å². The summed E-state index contributed by atoms with van der Waals surface area (Å²) in [4.78, 5) is 50.0. The van der Waals surface area contributed by atoms with Gasteiger partial charge in [-0.2, -0.15) is 4.39 Å². The van der Waals surface area contributed by atoms with Crippen molar-refractivity contribution in [2.45, 2.75) is 32.9 Å². The summed E-state index contributed by atoms with van der Waals surface area (Å²) in [5.74, 6) is -3.15. The second-order valence-electron chi connectivity index (χ2n) is 5.77. The Labute approximate surface area is 143 Å². The fourth-order valence-electron chi connectivity index (χ4n) is 2.41.